The summed E-state index contributed by atoms with van der Waals surface area (Å²) in [7, 11) is 0. The van der Waals surface area contributed by atoms with Crippen LogP contribution in [-0.2, 0) is 12.8 Å². The first kappa shape index (κ1) is 23.7. The minimum absolute atomic E-state index is 0.344. The predicted molar refractivity (Wildman–Crippen MR) is 136 cm³/mol. The SMILES string of the molecule is CCCCCc1ccc(C(C)c2ccc(-c3ncc(CCCCC)cn3)c(Br)c2)cc1. The van der Waals surface area contributed by atoms with Crippen LogP contribution < -0.4 is 0 Å². The highest BCUT2D eigenvalue weighted by Crippen LogP contribution is 2.32. The molecule has 0 aliphatic heterocycles. The molecule has 0 saturated carbocycles. The van der Waals surface area contributed by atoms with Crippen molar-refractivity contribution in [1.29, 1.82) is 0 Å². The fourth-order valence-electron chi connectivity index (χ4n) is 3.93. The number of rotatable bonds is 11. The second-order valence-electron chi connectivity index (χ2n) is 8.53. The van der Waals surface area contributed by atoms with E-state index >= 15 is 0 Å². The van der Waals surface area contributed by atoms with Gasteiger partial charge in [0.15, 0.2) is 5.82 Å². The summed E-state index contributed by atoms with van der Waals surface area (Å²) in [6.07, 6.45) is 13.7. The Bertz CT molecular complexity index is 932. The van der Waals surface area contributed by atoms with Gasteiger partial charge in [-0.2, -0.15) is 0 Å². The maximum Gasteiger partial charge on any atom is 0.160 e. The van der Waals surface area contributed by atoms with Gasteiger partial charge in [-0.3, -0.25) is 0 Å². The minimum Gasteiger partial charge on any atom is -0.236 e. The van der Waals surface area contributed by atoms with E-state index in [1.54, 1.807) is 0 Å². The van der Waals surface area contributed by atoms with Crippen LogP contribution in [0.3, 0.4) is 0 Å². The number of unbranched alkanes of at least 4 members (excludes halogenated alkanes) is 4. The molecular formula is C28H35BrN2. The van der Waals surface area contributed by atoms with Crippen molar-refractivity contribution in [3.63, 3.8) is 0 Å². The average molecular weight is 480 g/mol. The molecule has 1 atom stereocenters. The van der Waals surface area contributed by atoms with Gasteiger partial charge >= 0.3 is 0 Å². The number of aryl methyl sites for hydroxylation is 2. The number of nitrogens with zero attached hydrogens (tertiary/aromatic N) is 2. The first-order valence-electron chi connectivity index (χ1n) is 11.8. The number of halogens is 1. The number of aromatic nitrogens is 2. The zero-order chi connectivity index (χ0) is 22.1. The van der Waals surface area contributed by atoms with Crippen molar-refractivity contribution in [1.82, 2.24) is 9.97 Å². The van der Waals surface area contributed by atoms with Crippen molar-refractivity contribution in [2.75, 3.05) is 0 Å². The molecule has 1 heterocycles. The highest BCUT2D eigenvalue weighted by atomic mass is 79.9. The van der Waals surface area contributed by atoms with E-state index in [0.717, 1.165) is 22.3 Å². The Hall–Kier alpha value is -2.00. The van der Waals surface area contributed by atoms with Crippen LogP contribution in [0.4, 0.5) is 0 Å². The molecule has 0 spiro atoms. The van der Waals surface area contributed by atoms with Gasteiger partial charge in [-0.1, -0.05) is 92.7 Å². The van der Waals surface area contributed by atoms with Crippen LogP contribution in [-0.4, -0.2) is 9.97 Å². The fourth-order valence-corrected chi connectivity index (χ4v) is 4.50. The molecule has 0 amide bonds. The molecule has 0 bridgehead atoms. The lowest BCUT2D eigenvalue weighted by Gasteiger charge is -2.15. The van der Waals surface area contributed by atoms with Crippen LogP contribution in [0.25, 0.3) is 11.4 Å². The topological polar surface area (TPSA) is 25.8 Å². The number of hydrogen-bond acceptors (Lipinski definition) is 2. The van der Waals surface area contributed by atoms with Gasteiger partial charge in [-0.25, -0.2) is 9.97 Å². The Balaban J connectivity index is 1.68. The highest BCUT2D eigenvalue weighted by molar-refractivity contribution is 9.10. The lowest BCUT2D eigenvalue weighted by Crippen LogP contribution is -1.98. The van der Waals surface area contributed by atoms with E-state index in [-0.39, 0.29) is 0 Å². The van der Waals surface area contributed by atoms with E-state index in [1.807, 2.05) is 12.4 Å². The molecule has 1 unspecified atom stereocenters. The van der Waals surface area contributed by atoms with Crippen LogP contribution in [0.2, 0.25) is 0 Å². The molecule has 31 heavy (non-hydrogen) atoms. The Labute approximate surface area is 196 Å². The van der Waals surface area contributed by atoms with Gasteiger partial charge in [0.25, 0.3) is 0 Å². The Morgan fingerprint density at radius 2 is 1.32 bits per heavy atom. The zero-order valence-corrected chi connectivity index (χ0v) is 20.8. The van der Waals surface area contributed by atoms with E-state index < -0.39 is 0 Å². The van der Waals surface area contributed by atoms with Crippen LogP contribution in [0.5, 0.6) is 0 Å². The normalized spacial score (nSPS) is 12.1. The summed E-state index contributed by atoms with van der Waals surface area (Å²) in [5.41, 5.74) is 6.35. The van der Waals surface area contributed by atoms with Crippen LogP contribution >= 0.6 is 15.9 Å². The molecule has 0 aliphatic rings. The van der Waals surface area contributed by atoms with E-state index in [1.165, 1.54) is 67.2 Å². The van der Waals surface area contributed by atoms with Gasteiger partial charge < -0.3 is 0 Å². The summed E-state index contributed by atoms with van der Waals surface area (Å²) >= 11 is 3.76. The minimum atomic E-state index is 0.344. The molecule has 3 aromatic rings. The monoisotopic (exact) mass is 478 g/mol. The third-order valence-corrected chi connectivity index (χ3v) is 6.71. The fraction of sp³-hybridized carbons (Fsp3) is 0.429. The molecule has 0 saturated heterocycles. The number of benzene rings is 2. The molecule has 0 aliphatic carbocycles. The van der Waals surface area contributed by atoms with Crippen LogP contribution in [0.1, 0.15) is 87.5 Å². The molecule has 3 heteroatoms. The summed E-state index contributed by atoms with van der Waals surface area (Å²) < 4.78 is 1.05. The van der Waals surface area contributed by atoms with Crippen LogP contribution in [0.15, 0.2) is 59.3 Å². The van der Waals surface area contributed by atoms with Crippen molar-refractivity contribution >= 4 is 15.9 Å². The van der Waals surface area contributed by atoms with Gasteiger partial charge in [0, 0.05) is 28.3 Å². The molecule has 0 fully saturated rings. The maximum atomic E-state index is 4.62. The Morgan fingerprint density at radius 3 is 1.90 bits per heavy atom. The van der Waals surface area contributed by atoms with E-state index in [4.69, 9.17) is 0 Å². The third-order valence-electron chi connectivity index (χ3n) is 6.06. The second kappa shape index (κ2) is 12.1. The molecule has 0 N–H and O–H groups in total. The first-order valence-corrected chi connectivity index (χ1v) is 12.6. The summed E-state index contributed by atoms with van der Waals surface area (Å²) in [5, 5.41) is 0. The van der Waals surface area contributed by atoms with Crippen molar-refractivity contribution in [3.8, 4) is 11.4 Å². The van der Waals surface area contributed by atoms with Crippen LogP contribution in [0, 0.1) is 0 Å². The van der Waals surface area contributed by atoms with Crippen molar-refractivity contribution in [2.24, 2.45) is 0 Å². The highest BCUT2D eigenvalue weighted by Gasteiger charge is 2.13. The summed E-state index contributed by atoms with van der Waals surface area (Å²) in [4.78, 5) is 9.24. The molecule has 2 aromatic carbocycles. The van der Waals surface area contributed by atoms with E-state index in [0.29, 0.717) is 5.92 Å². The van der Waals surface area contributed by atoms with Crippen molar-refractivity contribution in [2.45, 2.75) is 78.1 Å². The lowest BCUT2D eigenvalue weighted by atomic mass is 9.91. The first-order chi connectivity index (χ1) is 15.1. The third kappa shape index (κ3) is 6.74. The smallest absolute Gasteiger partial charge is 0.160 e. The molecular weight excluding hydrogens is 444 g/mol. The zero-order valence-electron chi connectivity index (χ0n) is 19.2. The molecule has 0 radical (unpaired) electrons. The Kier molecular flexibility index (Phi) is 9.27. The van der Waals surface area contributed by atoms with E-state index in [2.05, 4.69) is 89.1 Å². The summed E-state index contributed by atoms with van der Waals surface area (Å²) in [5.74, 6) is 1.12. The molecule has 2 nitrogen and oxygen atoms in total. The molecule has 164 valence electrons. The van der Waals surface area contributed by atoms with Gasteiger partial charge in [-0.05, 0) is 60.1 Å². The second-order valence-corrected chi connectivity index (χ2v) is 9.39. The van der Waals surface area contributed by atoms with Gasteiger partial charge in [0.1, 0.15) is 0 Å². The average Bonchev–Trinajstić information content (AvgIpc) is 2.80. The van der Waals surface area contributed by atoms with Crippen molar-refractivity contribution in [3.05, 3.63) is 81.6 Å². The largest absolute Gasteiger partial charge is 0.236 e. The van der Waals surface area contributed by atoms with Crippen molar-refractivity contribution < 1.29 is 0 Å². The lowest BCUT2D eigenvalue weighted by molar-refractivity contribution is 0.714. The molecule has 1 aromatic heterocycles. The van der Waals surface area contributed by atoms with Gasteiger partial charge in [0.2, 0.25) is 0 Å². The predicted octanol–water partition coefficient (Wildman–Crippen LogP) is 8.52. The quantitative estimate of drug-likeness (QED) is 0.258. The van der Waals surface area contributed by atoms with Gasteiger partial charge in [0.05, 0.1) is 0 Å². The van der Waals surface area contributed by atoms with Gasteiger partial charge in [-0.15, -0.1) is 0 Å². The van der Waals surface area contributed by atoms with E-state index in [9.17, 15) is 0 Å². The standard InChI is InChI=1S/C28H35BrN2/c1-4-6-8-10-22-12-14-24(15-13-22)21(3)25-16-17-26(27(29)18-25)28-30-19-23(20-31-28)11-9-7-5-2/h12-21H,4-11H2,1-3H3. The summed E-state index contributed by atoms with van der Waals surface area (Å²) in [6, 6.07) is 15.7. The molecule has 3 rings (SSSR count). The Morgan fingerprint density at radius 1 is 0.742 bits per heavy atom. The summed E-state index contributed by atoms with van der Waals surface area (Å²) in [6.45, 7) is 6.75. The maximum absolute atomic E-state index is 4.62. The number of hydrogen-bond donors (Lipinski definition) is 0.